The maximum absolute atomic E-state index is 14.7. The fourth-order valence-corrected chi connectivity index (χ4v) is 8.56. The van der Waals surface area contributed by atoms with Gasteiger partial charge in [0.05, 0.1) is 9.85 Å². The Labute approximate surface area is 428 Å². The minimum Gasteiger partial charge on any atom is -0.459 e. The summed E-state index contributed by atoms with van der Waals surface area (Å²) in [7, 11) is 5.67. The number of nitro groups is 2. The number of cyclic esters (lactones) is 4. The van der Waals surface area contributed by atoms with Gasteiger partial charge in [-0.05, 0) is 81.4 Å². The minimum absolute atomic E-state index is 0.0306. The maximum Gasteiger partial charge on any atom is 0.329 e. The van der Waals surface area contributed by atoms with Gasteiger partial charge in [0.2, 0.25) is 0 Å². The number of esters is 4. The van der Waals surface area contributed by atoms with Gasteiger partial charge in [-0.3, -0.25) is 44.3 Å². The van der Waals surface area contributed by atoms with E-state index in [-0.39, 0.29) is 80.1 Å². The summed E-state index contributed by atoms with van der Waals surface area (Å²) >= 11 is 0. The van der Waals surface area contributed by atoms with Gasteiger partial charge in [-0.2, -0.15) is 0 Å². The average Bonchev–Trinajstić information content (AvgIpc) is 3.31. The van der Waals surface area contributed by atoms with Gasteiger partial charge in [0.1, 0.15) is 30.3 Å². The van der Waals surface area contributed by atoms with Crippen molar-refractivity contribution >= 4 is 53.0 Å². The van der Waals surface area contributed by atoms with Crippen LogP contribution < -0.4 is 0 Å². The van der Waals surface area contributed by atoms with E-state index in [1.54, 1.807) is 25.8 Å². The molecule has 0 bridgehead atoms. The molecule has 1 heterocycles. The number of non-ortho nitro benzene ring substituents is 2. The highest BCUT2D eigenvalue weighted by Crippen LogP contribution is 2.25. The molecule has 21 heteroatoms. The second kappa shape index (κ2) is 27.5. The molecule has 2 aromatic carbocycles. The van der Waals surface area contributed by atoms with Gasteiger partial charge in [0.15, 0.2) is 18.3 Å². The first-order valence-corrected chi connectivity index (χ1v) is 24.8. The van der Waals surface area contributed by atoms with E-state index >= 15 is 0 Å². The third-order valence-corrected chi connectivity index (χ3v) is 12.6. The van der Waals surface area contributed by atoms with Crippen molar-refractivity contribution in [3.8, 4) is 0 Å². The molecule has 0 unspecified atom stereocenters. The van der Waals surface area contributed by atoms with Crippen LogP contribution in [0.4, 0.5) is 11.4 Å². The Morgan fingerprint density at radius 3 is 1.16 bits per heavy atom. The summed E-state index contributed by atoms with van der Waals surface area (Å²) in [6, 6.07) is 6.07. The van der Waals surface area contributed by atoms with Crippen molar-refractivity contribution < 1.29 is 62.4 Å². The van der Waals surface area contributed by atoms with Crippen molar-refractivity contribution in [2.24, 2.45) is 23.7 Å². The molecule has 8 atom stereocenters. The Morgan fingerprint density at radius 1 is 0.479 bits per heavy atom. The predicted molar refractivity (Wildman–Crippen MR) is 268 cm³/mol. The molecule has 0 aliphatic carbocycles. The smallest absolute Gasteiger partial charge is 0.329 e. The van der Waals surface area contributed by atoms with Gasteiger partial charge in [-0.25, -0.2) is 14.4 Å². The molecule has 73 heavy (non-hydrogen) atoms. The van der Waals surface area contributed by atoms with E-state index < -0.39 is 100 Å². The number of nitro benzene ring substituents is 2. The largest absolute Gasteiger partial charge is 0.459 e. The highest BCUT2D eigenvalue weighted by Gasteiger charge is 2.41. The Kier molecular flexibility index (Phi) is 22.9. The van der Waals surface area contributed by atoms with E-state index in [1.807, 2.05) is 41.5 Å². The van der Waals surface area contributed by atoms with Gasteiger partial charge in [0, 0.05) is 64.8 Å². The van der Waals surface area contributed by atoms with Crippen molar-refractivity contribution in [2.75, 3.05) is 34.7 Å². The maximum atomic E-state index is 14.7. The van der Waals surface area contributed by atoms with Crippen molar-refractivity contribution in [2.45, 2.75) is 156 Å². The number of likely N-dealkylation sites (N-methyl/N-ethyl adjacent to an activating group) is 4. The lowest BCUT2D eigenvalue weighted by Gasteiger charge is -2.35. The van der Waals surface area contributed by atoms with E-state index in [0.29, 0.717) is 11.1 Å². The van der Waals surface area contributed by atoms with Gasteiger partial charge in [0.25, 0.3) is 29.1 Å². The third kappa shape index (κ3) is 17.9. The van der Waals surface area contributed by atoms with Crippen LogP contribution in [0, 0.1) is 43.9 Å². The first-order valence-electron chi connectivity index (χ1n) is 24.8. The Balaban J connectivity index is 2.25. The molecular weight excluding hydrogens is 949 g/mol. The first-order chi connectivity index (χ1) is 34.0. The molecule has 0 radical (unpaired) electrons. The first kappa shape index (κ1) is 60.8. The number of amides is 3. The molecule has 3 rings (SSSR count). The highest BCUT2D eigenvalue weighted by molar-refractivity contribution is 5.93. The van der Waals surface area contributed by atoms with Crippen LogP contribution in [0.5, 0.6) is 0 Å². The number of ether oxygens (including phenoxy) is 4. The average molecular weight is 1030 g/mol. The van der Waals surface area contributed by atoms with Crippen LogP contribution >= 0.6 is 0 Å². The van der Waals surface area contributed by atoms with E-state index in [0.717, 1.165) is 14.7 Å². The summed E-state index contributed by atoms with van der Waals surface area (Å²) in [5, 5.41) is 23.0. The van der Waals surface area contributed by atoms with Gasteiger partial charge < -0.3 is 33.6 Å². The molecule has 0 N–H and O–H groups in total. The van der Waals surface area contributed by atoms with Gasteiger partial charge in [-0.1, -0.05) is 79.7 Å². The molecule has 1 saturated heterocycles. The lowest BCUT2D eigenvalue weighted by Crippen LogP contribution is -2.54. The predicted octanol–water partition coefficient (Wildman–Crippen LogP) is 5.95. The highest BCUT2D eigenvalue weighted by atomic mass is 16.6. The van der Waals surface area contributed by atoms with Crippen molar-refractivity contribution in [3.05, 3.63) is 79.9 Å². The topological polar surface area (TPSA) is 256 Å². The van der Waals surface area contributed by atoms with Crippen molar-refractivity contribution in [1.29, 1.82) is 0 Å². The zero-order chi connectivity index (χ0) is 55.2. The summed E-state index contributed by atoms with van der Waals surface area (Å²) in [6.07, 6.45) is -5.44. The second-order valence-electron chi connectivity index (χ2n) is 20.8. The molecule has 0 saturated carbocycles. The molecular formula is C52H76N6O15. The molecule has 1 aliphatic rings. The molecule has 2 aromatic rings. The number of nitrogens with zero attached hydrogens (tertiary/aromatic N) is 6. The van der Waals surface area contributed by atoms with Crippen LogP contribution in [0.3, 0.4) is 0 Å². The quantitative estimate of drug-likeness (QED) is 0.0916. The number of hydrogen-bond acceptors (Lipinski definition) is 16. The Morgan fingerprint density at radius 2 is 0.795 bits per heavy atom. The molecule has 1 fully saturated rings. The van der Waals surface area contributed by atoms with E-state index in [4.69, 9.17) is 18.9 Å². The lowest BCUT2D eigenvalue weighted by atomic mass is 10.00. The zero-order valence-electron chi connectivity index (χ0n) is 44.8. The monoisotopic (exact) mass is 1020 g/mol. The van der Waals surface area contributed by atoms with Crippen LogP contribution in [0.15, 0.2) is 48.5 Å². The van der Waals surface area contributed by atoms with Crippen LogP contribution in [-0.2, 0) is 65.4 Å². The zero-order valence-corrected chi connectivity index (χ0v) is 44.8. The fraction of sp³-hybridized carbons (Fsp3) is 0.635. The van der Waals surface area contributed by atoms with E-state index in [2.05, 4.69) is 0 Å². The second-order valence-corrected chi connectivity index (χ2v) is 20.8. The molecule has 1 aliphatic heterocycles. The fourth-order valence-electron chi connectivity index (χ4n) is 8.56. The Bertz CT molecular complexity index is 2250. The van der Waals surface area contributed by atoms with Crippen molar-refractivity contribution in [1.82, 2.24) is 19.6 Å². The number of carbonyl (C=O) groups is 7. The summed E-state index contributed by atoms with van der Waals surface area (Å²) in [5.74, 6) is -6.62. The number of rotatable bonds is 14. The Hall–Kier alpha value is -6.51. The van der Waals surface area contributed by atoms with E-state index in [9.17, 15) is 53.8 Å². The summed E-state index contributed by atoms with van der Waals surface area (Å²) in [4.78, 5) is 127. The van der Waals surface area contributed by atoms with Crippen LogP contribution in [-0.4, -0.2) is 154 Å². The van der Waals surface area contributed by atoms with Gasteiger partial charge in [-0.15, -0.1) is 0 Å². The number of benzene rings is 2. The molecule has 3 amide bonds. The molecule has 0 aromatic heterocycles. The normalized spacial score (nSPS) is 24.4. The minimum atomic E-state index is -1.65. The van der Waals surface area contributed by atoms with Crippen molar-refractivity contribution in [3.63, 3.8) is 0 Å². The van der Waals surface area contributed by atoms with Crippen LogP contribution in [0.1, 0.15) is 106 Å². The standard InChI is InChI=1S/C52H76N6O15/c1-30(2)23-41-49(62)70-34(9)46(59)55(13)44(26-33(7)8)52(65)73-45(28-37-17-21-39(22-18-37)58(68)69)48(61)56(14)42(24-31(3)4)50(63)71-35(10)47(60)54(12)43(25-32(5)6)51(64)72-40(29-53(41)11)27-36-15-19-38(20-16-36)57(66)67/h15-22,30-35,40-45H,23-29H2,1-14H3/t34-,35-,40-,41+,42+,43+,44+,45-/m1/s1. The number of hydrogen-bond donors (Lipinski definition) is 0. The van der Waals surface area contributed by atoms with Crippen LogP contribution in [0.2, 0.25) is 0 Å². The number of carbonyl (C=O) groups excluding carboxylic acids is 7. The summed E-state index contributed by atoms with van der Waals surface area (Å²) < 4.78 is 23.9. The van der Waals surface area contributed by atoms with E-state index in [1.165, 1.54) is 83.5 Å². The summed E-state index contributed by atoms with van der Waals surface area (Å²) in [6.45, 7) is 17.3. The summed E-state index contributed by atoms with van der Waals surface area (Å²) in [5.41, 5.74) is 0.546. The molecule has 21 nitrogen and oxygen atoms in total. The third-order valence-electron chi connectivity index (χ3n) is 12.6. The molecule has 0 spiro atoms. The molecule has 404 valence electrons. The lowest BCUT2D eigenvalue weighted by molar-refractivity contribution is -0.385. The van der Waals surface area contributed by atoms with Crippen LogP contribution in [0.25, 0.3) is 0 Å². The SMILES string of the molecule is CC(C)C[C@H]1C(=O)O[C@H](C)C(=O)N(C)[C@@H](CC(C)C)C(=O)O[C@H](Cc2ccc([N+](=O)[O-])cc2)C(=O)N(C)[C@@H](CC(C)C)C(=O)O[C@H](C)C(=O)N(C)[C@@H](CC(C)C)C(=O)O[C@H](Cc2ccc([N+](=O)[O-])cc2)CN1C. The van der Waals surface area contributed by atoms with Gasteiger partial charge >= 0.3 is 23.9 Å².